The average Bonchev–Trinajstić information content (AvgIpc) is 2.35. The number of aliphatic hydroxyl groups is 1. The van der Waals surface area contributed by atoms with Gasteiger partial charge in [-0.25, -0.2) is 0 Å². The van der Waals surface area contributed by atoms with E-state index in [9.17, 15) is 9.90 Å². The molecule has 0 aromatic carbocycles. The fraction of sp³-hybridized carbons (Fsp3) is 0.929. The molecule has 0 spiro atoms. The van der Waals surface area contributed by atoms with Crippen molar-refractivity contribution in [1.82, 2.24) is 9.80 Å². The normalized spacial score (nSPS) is 22.8. The van der Waals surface area contributed by atoms with E-state index in [1.54, 1.807) is 6.92 Å². The monoisotopic (exact) mass is 272 g/mol. The molecule has 112 valence electrons. The van der Waals surface area contributed by atoms with E-state index in [0.29, 0.717) is 12.6 Å². The van der Waals surface area contributed by atoms with E-state index in [4.69, 9.17) is 4.74 Å². The minimum atomic E-state index is -0.319. The highest BCUT2D eigenvalue weighted by Gasteiger charge is 2.28. The number of aliphatic hydroxyl groups excluding tert-OH is 1. The smallest absolute Gasteiger partial charge is 0.248 e. The van der Waals surface area contributed by atoms with Crippen molar-refractivity contribution in [3.05, 3.63) is 0 Å². The number of carbonyl (C=O) groups excluding carboxylic acids is 1. The maximum atomic E-state index is 12.0. The highest BCUT2D eigenvalue weighted by molar-refractivity contribution is 5.77. The van der Waals surface area contributed by atoms with Crippen LogP contribution in [-0.2, 0) is 9.53 Å². The number of carbonyl (C=O) groups is 1. The van der Waals surface area contributed by atoms with Gasteiger partial charge in [-0.15, -0.1) is 0 Å². The second kappa shape index (κ2) is 7.82. The van der Waals surface area contributed by atoms with Crippen molar-refractivity contribution in [3.63, 3.8) is 0 Å². The van der Waals surface area contributed by atoms with E-state index < -0.39 is 0 Å². The molecule has 1 amide bonds. The molecule has 0 bridgehead atoms. The lowest BCUT2D eigenvalue weighted by Gasteiger charge is -2.41. The van der Waals surface area contributed by atoms with Crippen LogP contribution in [0, 0.1) is 0 Å². The van der Waals surface area contributed by atoms with Crippen LogP contribution in [0.5, 0.6) is 0 Å². The van der Waals surface area contributed by atoms with Gasteiger partial charge in [0.15, 0.2) is 0 Å². The first-order valence-electron chi connectivity index (χ1n) is 7.25. The van der Waals surface area contributed by atoms with Gasteiger partial charge in [0.1, 0.15) is 6.61 Å². The quantitative estimate of drug-likeness (QED) is 0.774. The first-order chi connectivity index (χ1) is 8.93. The molecule has 1 rings (SSSR count). The van der Waals surface area contributed by atoms with Crippen molar-refractivity contribution in [1.29, 1.82) is 0 Å². The Morgan fingerprint density at radius 2 is 2.05 bits per heavy atom. The Morgan fingerprint density at radius 1 is 1.37 bits per heavy atom. The molecule has 1 saturated heterocycles. The molecule has 0 aromatic rings. The zero-order valence-electron chi connectivity index (χ0n) is 12.6. The molecule has 0 aromatic heterocycles. The van der Waals surface area contributed by atoms with Crippen LogP contribution in [0.25, 0.3) is 0 Å². The number of piperazine rings is 1. The molecule has 0 radical (unpaired) electrons. The van der Waals surface area contributed by atoms with Crippen LogP contribution >= 0.6 is 0 Å². The maximum absolute atomic E-state index is 12.0. The van der Waals surface area contributed by atoms with Crippen LogP contribution in [0.4, 0.5) is 0 Å². The fourth-order valence-corrected chi connectivity index (χ4v) is 2.42. The van der Waals surface area contributed by atoms with Crippen molar-refractivity contribution >= 4 is 5.91 Å². The number of amides is 1. The van der Waals surface area contributed by atoms with Gasteiger partial charge in [0.05, 0.1) is 12.2 Å². The second-order valence-corrected chi connectivity index (χ2v) is 5.61. The summed E-state index contributed by atoms with van der Waals surface area (Å²) in [7, 11) is 0. The zero-order chi connectivity index (χ0) is 14.4. The highest BCUT2D eigenvalue weighted by Crippen LogP contribution is 2.13. The number of hydrogen-bond acceptors (Lipinski definition) is 4. The molecule has 2 unspecified atom stereocenters. The lowest BCUT2D eigenvalue weighted by atomic mass is 10.1. The summed E-state index contributed by atoms with van der Waals surface area (Å²) in [4.78, 5) is 16.2. The second-order valence-electron chi connectivity index (χ2n) is 5.61. The Bertz CT molecular complexity index is 282. The largest absolute Gasteiger partial charge is 0.392 e. The molecule has 1 aliphatic rings. The van der Waals surface area contributed by atoms with Gasteiger partial charge < -0.3 is 14.7 Å². The van der Waals surface area contributed by atoms with E-state index in [-0.39, 0.29) is 24.7 Å². The van der Waals surface area contributed by atoms with E-state index in [1.165, 1.54) is 0 Å². The standard InChI is InChI=1S/C14H28N2O3/c1-5-13-9-16(14(18)10-19-11(2)3)7-6-15(13)8-12(4)17/h11-13,17H,5-10H2,1-4H3. The molecule has 5 heteroatoms. The number of hydrogen-bond donors (Lipinski definition) is 1. The Labute approximate surface area is 116 Å². The van der Waals surface area contributed by atoms with Gasteiger partial charge in [-0.2, -0.15) is 0 Å². The van der Waals surface area contributed by atoms with Gasteiger partial charge in [-0.3, -0.25) is 9.69 Å². The Balaban J connectivity index is 2.46. The number of β-amino-alcohol motifs (C(OH)–C–C–N with tert-alkyl or cyclic N) is 1. The highest BCUT2D eigenvalue weighted by atomic mass is 16.5. The van der Waals surface area contributed by atoms with Gasteiger partial charge in [-0.05, 0) is 27.2 Å². The summed E-state index contributed by atoms with van der Waals surface area (Å²) in [5.74, 6) is 0.0730. The predicted molar refractivity (Wildman–Crippen MR) is 75.0 cm³/mol. The average molecular weight is 272 g/mol. The van der Waals surface area contributed by atoms with Gasteiger partial charge in [0, 0.05) is 32.2 Å². The Morgan fingerprint density at radius 3 is 2.58 bits per heavy atom. The van der Waals surface area contributed by atoms with E-state index in [2.05, 4.69) is 11.8 Å². The van der Waals surface area contributed by atoms with Gasteiger partial charge >= 0.3 is 0 Å². The molecule has 1 N–H and O–H groups in total. The maximum Gasteiger partial charge on any atom is 0.248 e. The molecule has 19 heavy (non-hydrogen) atoms. The lowest BCUT2D eigenvalue weighted by Crippen LogP contribution is -2.56. The number of nitrogens with zero attached hydrogens (tertiary/aromatic N) is 2. The SMILES string of the molecule is CCC1CN(C(=O)COC(C)C)CCN1CC(C)O. The summed E-state index contributed by atoms with van der Waals surface area (Å²) in [6, 6.07) is 0.339. The molecule has 2 atom stereocenters. The minimum Gasteiger partial charge on any atom is -0.392 e. The van der Waals surface area contributed by atoms with Gasteiger partial charge in [-0.1, -0.05) is 6.92 Å². The molecule has 1 heterocycles. The Hall–Kier alpha value is -0.650. The van der Waals surface area contributed by atoms with E-state index in [0.717, 1.165) is 26.1 Å². The summed E-state index contributed by atoms with van der Waals surface area (Å²) >= 11 is 0. The van der Waals surface area contributed by atoms with Crippen LogP contribution in [-0.4, -0.2) is 71.8 Å². The van der Waals surface area contributed by atoms with Crippen molar-refractivity contribution in [2.24, 2.45) is 0 Å². The summed E-state index contributed by atoms with van der Waals surface area (Å²) in [6.07, 6.45) is 0.754. The summed E-state index contributed by atoms with van der Waals surface area (Å²) in [6.45, 7) is 10.9. The topological polar surface area (TPSA) is 53.0 Å². The molecular formula is C14H28N2O3. The molecule has 1 aliphatic heterocycles. The van der Waals surface area contributed by atoms with Crippen molar-refractivity contribution < 1.29 is 14.6 Å². The number of rotatable bonds is 6. The van der Waals surface area contributed by atoms with Crippen LogP contribution in [0.3, 0.4) is 0 Å². The summed E-state index contributed by atoms with van der Waals surface area (Å²) < 4.78 is 5.37. The van der Waals surface area contributed by atoms with Crippen molar-refractivity contribution in [2.45, 2.75) is 52.4 Å². The molecule has 0 saturated carbocycles. The number of ether oxygens (including phenoxy) is 1. The zero-order valence-corrected chi connectivity index (χ0v) is 12.6. The third-order valence-corrected chi connectivity index (χ3v) is 3.47. The van der Waals surface area contributed by atoms with Gasteiger partial charge in [0.2, 0.25) is 5.91 Å². The Kier molecular flexibility index (Phi) is 6.75. The molecular weight excluding hydrogens is 244 g/mol. The first kappa shape index (κ1) is 16.4. The van der Waals surface area contributed by atoms with Crippen LogP contribution in [0.2, 0.25) is 0 Å². The molecule has 5 nitrogen and oxygen atoms in total. The van der Waals surface area contributed by atoms with Crippen LogP contribution in [0.1, 0.15) is 34.1 Å². The van der Waals surface area contributed by atoms with Crippen molar-refractivity contribution in [2.75, 3.05) is 32.8 Å². The minimum absolute atomic E-state index is 0.0730. The van der Waals surface area contributed by atoms with Crippen LogP contribution in [0.15, 0.2) is 0 Å². The molecule has 1 fully saturated rings. The predicted octanol–water partition coefficient (Wildman–Crippen LogP) is 0.715. The van der Waals surface area contributed by atoms with Gasteiger partial charge in [0.25, 0.3) is 0 Å². The molecule has 0 aliphatic carbocycles. The summed E-state index contributed by atoms with van der Waals surface area (Å²) in [5, 5.41) is 9.50. The third-order valence-electron chi connectivity index (χ3n) is 3.47. The third kappa shape index (κ3) is 5.47. The first-order valence-corrected chi connectivity index (χ1v) is 7.25. The van der Waals surface area contributed by atoms with E-state index in [1.807, 2.05) is 18.7 Å². The van der Waals surface area contributed by atoms with E-state index >= 15 is 0 Å². The lowest BCUT2D eigenvalue weighted by molar-refractivity contribution is -0.140. The fourth-order valence-electron chi connectivity index (χ4n) is 2.42. The van der Waals surface area contributed by atoms with Crippen molar-refractivity contribution in [3.8, 4) is 0 Å². The van der Waals surface area contributed by atoms with Crippen LogP contribution < -0.4 is 0 Å². The summed E-state index contributed by atoms with van der Waals surface area (Å²) in [5.41, 5.74) is 0.